The SMILES string of the molecule is O=C(NC1CCC(O)CC1)c1cc(-c2ccc(Cl)cc2)n(-c2ccc(Cl)cc2Cl)n1. The van der Waals surface area contributed by atoms with Gasteiger partial charge in [-0.25, -0.2) is 4.68 Å². The van der Waals surface area contributed by atoms with Crippen LogP contribution in [0.3, 0.4) is 0 Å². The summed E-state index contributed by atoms with van der Waals surface area (Å²) >= 11 is 18.5. The normalized spacial score (nSPS) is 18.9. The van der Waals surface area contributed by atoms with Crippen LogP contribution in [-0.2, 0) is 0 Å². The minimum absolute atomic E-state index is 0.0316. The molecule has 1 amide bonds. The van der Waals surface area contributed by atoms with Gasteiger partial charge in [-0.15, -0.1) is 0 Å². The monoisotopic (exact) mass is 463 g/mol. The van der Waals surface area contributed by atoms with E-state index in [0.717, 1.165) is 18.4 Å². The molecule has 0 spiro atoms. The first-order chi connectivity index (χ1) is 14.4. The van der Waals surface area contributed by atoms with Gasteiger partial charge in [0.1, 0.15) is 0 Å². The van der Waals surface area contributed by atoms with Crippen LogP contribution >= 0.6 is 34.8 Å². The van der Waals surface area contributed by atoms with Crippen molar-refractivity contribution in [3.63, 3.8) is 0 Å². The number of amides is 1. The van der Waals surface area contributed by atoms with Crippen LogP contribution in [0.2, 0.25) is 15.1 Å². The number of hydrogen-bond donors (Lipinski definition) is 2. The first-order valence-corrected chi connectivity index (χ1v) is 10.8. The second kappa shape index (κ2) is 8.98. The summed E-state index contributed by atoms with van der Waals surface area (Å²) in [5.41, 5.74) is 2.46. The predicted molar refractivity (Wildman–Crippen MR) is 120 cm³/mol. The van der Waals surface area contributed by atoms with Gasteiger partial charge in [-0.1, -0.05) is 46.9 Å². The van der Waals surface area contributed by atoms with Crippen molar-refractivity contribution in [1.29, 1.82) is 0 Å². The first kappa shape index (κ1) is 21.2. The molecule has 1 fully saturated rings. The van der Waals surface area contributed by atoms with E-state index < -0.39 is 0 Å². The molecule has 2 aromatic carbocycles. The molecule has 1 saturated carbocycles. The van der Waals surface area contributed by atoms with Crippen molar-refractivity contribution in [2.45, 2.75) is 37.8 Å². The Balaban J connectivity index is 1.70. The van der Waals surface area contributed by atoms with Crippen LogP contribution in [0.5, 0.6) is 0 Å². The molecule has 1 heterocycles. The highest BCUT2D eigenvalue weighted by molar-refractivity contribution is 6.35. The summed E-state index contributed by atoms with van der Waals surface area (Å²) in [6, 6.07) is 14.2. The van der Waals surface area contributed by atoms with E-state index in [1.807, 2.05) is 12.1 Å². The van der Waals surface area contributed by atoms with Crippen LogP contribution in [0, 0.1) is 0 Å². The minimum Gasteiger partial charge on any atom is -0.393 e. The lowest BCUT2D eigenvalue weighted by Gasteiger charge is -2.25. The molecule has 0 aliphatic heterocycles. The molecule has 156 valence electrons. The number of benzene rings is 2. The number of aliphatic hydroxyl groups is 1. The van der Waals surface area contributed by atoms with E-state index >= 15 is 0 Å². The number of aromatic nitrogens is 2. The fraction of sp³-hybridized carbons (Fsp3) is 0.273. The van der Waals surface area contributed by atoms with Gasteiger partial charge in [0.05, 0.1) is 22.5 Å². The lowest BCUT2D eigenvalue weighted by atomic mass is 9.93. The van der Waals surface area contributed by atoms with Crippen molar-refractivity contribution in [1.82, 2.24) is 15.1 Å². The van der Waals surface area contributed by atoms with Gasteiger partial charge in [-0.3, -0.25) is 4.79 Å². The molecular weight excluding hydrogens is 445 g/mol. The maximum Gasteiger partial charge on any atom is 0.272 e. The number of nitrogens with one attached hydrogen (secondary N) is 1. The number of carbonyl (C=O) groups excluding carboxylic acids is 1. The zero-order chi connectivity index (χ0) is 21.3. The lowest BCUT2D eigenvalue weighted by molar-refractivity contribution is 0.0863. The average molecular weight is 465 g/mol. The summed E-state index contributed by atoms with van der Waals surface area (Å²) in [4.78, 5) is 12.9. The third-order valence-corrected chi connectivity index (χ3v) is 6.04. The number of hydrogen-bond acceptors (Lipinski definition) is 3. The van der Waals surface area contributed by atoms with Crippen LogP contribution in [0.15, 0.2) is 48.5 Å². The van der Waals surface area contributed by atoms with E-state index in [0.29, 0.717) is 39.3 Å². The van der Waals surface area contributed by atoms with Gasteiger partial charge in [0.25, 0.3) is 5.91 Å². The molecule has 2 N–H and O–H groups in total. The second-order valence-electron chi connectivity index (χ2n) is 7.41. The van der Waals surface area contributed by atoms with E-state index in [9.17, 15) is 9.90 Å². The van der Waals surface area contributed by atoms with Crippen LogP contribution in [0.1, 0.15) is 36.2 Å². The molecule has 8 heteroatoms. The number of rotatable bonds is 4. The zero-order valence-electron chi connectivity index (χ0n) is 16.0. The van der Waals surface area contributed by atoms with Gasteiger partial charge in [-0.05, 0) is 62.1 Å². The van der Waals surface area contributed by atoms with Gasteiger partial charge in [0.15, 0.2) is 5.69 Å². The standard InChI is InChI=1S/C22H20Cl3N3O2/c23-14-3-1-13(2-4-14)21-12-19(22(30)26-16-6-8-17(29)9-7-16)27-28(21)20-10-5-15(24)11-18(20)25/h1-5,10-12,16-17,29H,6-9H2,(H,26,30). The molecule has 0 saturated heterocycles. The Bertz CT molecular complexity index is 1060. The van der Waals surface area contributed by atoms with Crippen molar-refractivity contribution in [2.24, 2.45) is 0 Å². The highest BCUT2D eigenvalue weighted by Gasteiger charge is 2.24. The minimum atomic E-state index is -0.277. The van der Waals surface area contributed by atoms with E-state index in [1.165, 1.54) is 0 Å². The Morgan fingerprint density at radius 3 is 2.30 bits per heavy atom. The largest absolute Gasteiger partial charge is 0.393 e. The van der Waals surface area contributed by atoms with Gasteiger partial charge in [-0.2, -0.15) is 5.10 Å². The summed E-state index contributed by atoms with van der Waals surface area (Å²) in [6.07, 6.45) is 2.60. The van der Waals surface area contributed by atoms with Gasteiger partial charge >= 0.3 is 0 Å². The molecule has 30 heavy (non-hydrogen) atoms. The Hall–Kier alpha value is -2.05. The molecule has 1 aliphatic carbocycles. The van der Waals surface area contributed by atoms with Crippen molar-refractivity contribution < 1.29 is 9.90 Å². The van der Waals surface area contributed by atoms with Crippen molar-refractivity contribution in [3.05, 3.63) is 69.3 Å². The highest BCUT2D eigenvalue weighted by atomic mass is 35.5. The van der Waals surface area contributed by atoms with Gasteiger partial charge in [0, 0.05) is 21.7 Å². The van der Waals surface area contributed by atoms with Gasteiger partial charge < -0.3 is 10.4 Å². The van der Waals surface area contributed by atoms with Crippen LogP contribution in [0.4, 0.5) is 0 Å². The summed E-state index contributed by atoms with van der Waals surface area (Å²) in [6.45, 7) is 0. The third kappa shape index (κ3) is 4.65. The maximum atomic E-state index is 12.9. The molecule has 1 aromatic heterocycles. The molecule has 4 rings (SSSR count). The molecule has 0 unspecified atom stereocenters. The molecular formula is C22H20Cl3N3O2. The molecule has 0 radical (unpaired) electrons. The van der Waals surface area contributed by atoms with Gasteiger partial charge in [0.2, 0.25) is 0 Å². The number of aliphatic hydroxyl groups excluding tert-OH is 1. The molecule has 3 aromatic rings. The first-order valence-electron chi connectivity index (χ1n) is 9.71. The van der Waals surface area contributed by atoms with Crippen LogP contribution < -0.4 is 5.32 Å². The highest BCUT2D eigenvalue weighted by Crippen LogP contribution is 2.30. The third-order valence-electron chi connectivity index (χ3n) is 5.25. The van der Waals surface area contributed by atoms with E-state index in [4.69, 9.17) is 34.8 Å². The quantitative estimate of drug-likeness (QED) is 0.533. The molecule has 0 bridgehead atoms. The average Bonchev–Trinajstić information content (AvgIpc) is 3.15. The smallest absolute Gasteiger partial charge is 0.272 e. The second-order valence-corrected chi connectivity index (χ2v) is 8.69. The van der Waals surface area contributed by atoms with E-state index in [-0.39, 0.29) is 23.7 Å². The van der Waals surface area contributed by atoms with Crippen LogP contribution in [0.25, 0.3) is 16.9 Å². The Morgan fingerprint density at radius 1 is 0.967 bits per heavy atom. The summed E-state index contributed by atoms with van der Waals surface area (Å²) in [5.74, 6) is -0.254. The number of nitrogens with zero attached hydrogens (tertiary/aromatic N) is 2. The molecule has 1 aliphatic rings. The Kier molecular flexibility index (Phi) is 6.34. The lowest BCUT2D eigenvalue weighted by Crippen LogP contribution is -2.38. The predicted octanol–water partition coefficient (Wildman–Crippen LogP) is 5.53. The summed E-state index contributed by atoms with van der Waals surface area (Å²) in [7, 11) is 0. The topological polar surface area (TPSA) is 67.2 Å². The number of halogens is 3. The summed E-state index contributed by atoms with van der Waals surface area (Å²) < 4.78 is 1.64. The summed E-state index contributed by atoms with van der Waals surface area (Å²) in [5, 5.41) is 18.8. The fourth-order valence-electron chi connectivity index (χ4n) is 3.63. The Labute approximate surface area is 189 Å². The van der Waals surface area contributed by atoms with E-state index in [2.05, 4.69) is 10.4 Å². The number of carbonyl (C=O) groups is 1. The zero-order valence-corrected chi connectivity index (χ0v) is 18.3. The van der Waals surface area contributed by atoms with Crippen molar-refractivity contribution >= 4 is 40.7 Å². The fourth-order valence-corrected chi connectivity index (χ4v) is 4.25. The maximum absolute atomic E-state index is 12.9. The van der Waals surface area contributed by atoms with Crippen LogP contribution in [-0.4, -0.2) is 32.9 Å². The molecule has 0 atom stereocenters. The Morgan fingerprint density at radius 2 is 1.63 bits per heavy atom. The van der Waals surface area contributed by atoms with Crippen molar-refractivity contribution in [2.75, 3.05) is 0 Å². The van der Waals surface area contributed by atoms with Crippen molar-refractivity contribution in [3.8, 4) is 16.9 Å². The van der Waals surface area contributed by atoms with E-state index in [1.54, 1.807) is 41.1 Å². The molecule has 5 nitrogen and oxygen atoms in total.